The molecule has 1 saturated carbocycles. The zero-order valence-corrected chi connectivity index (χ0v) is 10.0. The van der Waals surface area contributed by atoms with E-state index < -0.39 is 6.17 Å². The van der Waals surface area contributed by atoms with Gasteiger partial charge >= 0.3 is 0 Å². The summed E-state index contributed by atoms with van der Waals surface area (Å²) < 4.78 is 13.7. The number of nitriles is 1. The van der Waals surface area contributed by atoms with Crippen LogP contribution in [0.5, 0.6) is 0 Å². The molecule has 16 heavy (non-hydrogen) atoms. The van der Waals surface area contributed by atoms with Gasteiger partial charge < -0.3 is 4.90 Å². The minimum absolute atomic E-state index is 0.347. The van der Waals surface area contributed by atoms with Gasteiger partial charge in [-0.15, -0.1) is 0 Å². The molecule has 2 fully saturated rings. The maximum atomic E-state index is 13.7. The largest absolute Gasteiger partial charge is 0.300 e. The summed E-state index contributed by atoms with van der Waals surface area (Å²) in [5.41, 5.74) is 0. The Balaban J connectivity index is 1.86. The Hall–Kier alpha value is -0.620. The van der Waals surface area contributed by atoms with E-state index in [4.69, 9.17) is 5.26 Å². The second-order valence-corrected chi connectivity index (χ2v) is 5.44. The number of rotatable bonds is 1. The fourth-order valence-electron chi connectivity index (χ4n) is 2.97. The summed E-state index contributed by atoms with van der Waals surface area (Å²) >= 11 is 0. The molecule has 0 spiro atoms. The van der Waals surface area contributed by atoms with E-state index in [2.05, 4.69) is 17.9 Å². The molecule has 1 saturated heterocycles. The maximum absolute atomic E-state index is 13.7. The Morgan fingerprint density at radius 1 is 1.19 bits per heavy atom. The van der Waals surface area contributed by atoms with Crippen LogP contribution in [0.1, 0.15) is 39.0 Å². The molecule has 0 amide bonds. The number of alkyl halides is 1. The van der Waals surface area contributed by atoms with E-state index in [1.54, 1.807) is 0 Å². The summed E-state index contributed by atoms with van der Waals surface area (Å²) in [4.78, 5) is 2.44. The van der Waals surface area contributed by atoms with Gasteiger partial charge in [-0.3, -0.25) is 0 Å². The average Bonchev–Trinajstić information content (AvgIpc) is 2.30. The Morgan fingerprint density at radius 2 is 1.88 bits per heavy atom. The molecule has 0 radical (unpaired) electrons. The Bertz CT molecular complexity index is 266. The van der Waals surface area contributed by atoms with Gasteiger partial charge in [-0.05, 0) is 51.1 Å². The molecule has 0 aromatic heterocycles. The van der Waals surface area contributed by atoms with Gasteiger partial charge in [0, 0.05) is 6.04 Å². The molecule has 3 heteroatoms. The third kappa shape index (κ3) is 2.55. The molecule has 2 nitrogen and oxygen atoms in total. The number of hydrogen-bond donors (Lipinski definition) is 0. The van der Waals surface area contributed by atoms with E-state index in [-0.39, 0.29) is 5.92 Å². The van der Waals surface area contributed by atoms with Crippen LogP contribution in [0.2, 0.25) is 0 Å². The van der Waals surface area contributed by atoms with Crippen LogP contribution in [0, 0.1) is 23.2 Å². The minimum atomic E-state index is -0.900. The average molecular weight is 224 g/mol. The van der Waals surface area contributed by atoms with Crippen LogP contribution in [0.15, 0.2) is 0 Å². The molecule has 90 valence electrons. The number of nitrogens with zero attached hydrogens (tertiary/aromatic N) is 2. The Morgan fingerprint density at radius 3 is 2.44 bits per heavy atom. The lowest BCUT2D eigenvalue weighted by molar-refractivity contribution is 0.0665. The van der Waals surface area contributed by atoms with Crippen LogP contribution in [0.25, 0.3) is 0 Å². The number of halogens is 1. The summed E-state index contributed by atoms with van der Waals surface area (Å²) in [6.45, 7) is 4.54. The van der Waals surface area contributed by atoms with Crippen molar-refractivity contribution in [3.05, 3.63) is 0 Å². The molecule has 1 heterocycles. The second kappa shape index (κ2) is 5.14. The monoisotopic (exact) mass is 224 g/mol. The van der Waals surface area contributed by atoms with Crippen molar-refractivity contribution in [1.82, 2.24) is 4.90 Å². The summed E-state index contributed by atoms with van der Waals surface area (Å²) in [5.74, 6) is 0.479. The first-order valence-corrected chi connectivity index (χ1v) is 6.48. The van der Waals surface area contributed by atoms with Crippen molar-refractivity contribution in [2.45, 2.75) is 51.2 Å². The van der Waals surface area contributed by atoms with Gasteiger partial charge in [0.1, 0.15) is 6.17 Å². The van der Waals surface area contributed by atoms with Gasteiger partial charge in [-0.1, -0.05) is 6.92 Å². The molecular weight excluding hydrogens is 203 g/mol. The highest BCUT2D eigenvalue weighted by atomic mass is 19.1. The van der Waals surface area contributed by atoms with Crippen molar-refractivity contribution in [3.8, 4) is 6.07 Å². The fourth-order valence-corrected chi connectivity index (χ4v) is 2.97. The molecule has 0 aromatic rings. The smallest absolute Gasteiger partial charge is 0.117 e. The maximum Gasteiger partial charge on any atom is 0.117 e. The van der Waals surface area contributed by atoms with Crippen molar-refractivity contribution >= 4 is 0 Å². The molecule has 0 bridgehead atoms. The molecule has 0 N–H and O–H groups in total. The first-order valence-electron chi connectivity index (χ1n) is 6.48. The first kappa shape index (κ1) is 11.9. The topological polar surface area (TPSA) is 27.0 Å². The van der Waals surface area contributed by atoms with Crippen LogP contribution in [-0.4, -0.2) is 30.2 Å². The minimum Gasteiger partial charge on any atom is -0.300 e. The number of hydrogen-bond acceptors (Lipinski definition) is 2. The van der Waals surface area contributed by atoms with E-state index in [9.17, 15) is 4.39 Å². The predicted octanol–water partition coefficient (Wildman–Crippen LogP) is 2.75. The molecule has 1 aliphatic carbocycles. The summed E-state index contributed by atoms with van der Waals surface area (Å²) in [7, 11) is 0. The van der Waals surface area contributed by atoms with Crippen LogP contribution < -0.4 is 0 Å². The van der Waals surface area contributed by atoms with Crippen molar-refractivity contribution in [3.63, 3.8) is 0 Å². The lowest BCUT2D eigenvalue weighted by atomic mass is 9.83. The molecular formula is C13H21FN2. The summed E-state index contributed by atoms with van der Waals surface area (Å²) in [6.07, 6.45) is 3.92. The van der Waals surface area contributed by atoms with Crippen LogP contribution in [-0.2, 0) is 0 Å². The highest BCUT2D eigenvalue weighted by Gasteiger charge is 2.34. The zero-order chi connectivity index (χ0) is 11.5. The number of piperidine rings is 1. The molecule has 1 aliphatic heterocycles. The molecule has 2 aliphatic rings. The van der Waals surface area contributed by atoms with Gasteiger partial charge in [0.25, 0.3) is 0 Å². The molecule has 0 aromatic carbocycles. The van der Waals surface area contributed by atoms with Gasteiger partial charge in [0.15, 0.2) is 0 Å². The van der Waals surface area contributed by atoms with Crippen molar-refractivity contribution in [2.75, 3.05) is 13.1 Å². The normalized spacial score (nSPS) is 38.2. The van der Waals surface area contributed by atoms with E-state index in [1.807, 2.05) is 0 Å². The van der Waals surface area contributed by atoms with E-state index in [0.717, 1.165) is 31.8 Å². The Kier molecular flexibility index (Phi) is 3.81. The Labute approximate surface area is 97.4 Å². The van der Waals surface area contributed by atoms with Gasteiger partial charge in [0.05, 0.1) is 12.0 Å². The van der Waals surface area contributed by atoms with Crippen molar-refractivity contribution in [1.29, 1.82) is 5.26 Å². The molecule has 2 rings (SSSR count). The van der Waals surface area contributed by atoms with Gasteiger partial charge in [-0.2, -0.15) is 5.26 Å². The van der Waals surface area contributed by atoms with Crippen molar-refractivity contribution in [2.24, 2.45) is 11.8 Å². The second-order valence-electron chi connectivity index (χ2n) is 5.44. The van der Waals surface area contributed by atoms with E-state index >= 15 is 0 Å². The lowest BCUT2D eigenvalue weighted by Gasteiger charge is -2.40. The van der Waals surface area contributed by atoms with E-state index in [1.165, 1.54) is 12.8 Å². The van der Waals surface area contributed by atoms with Crippen LogP contribution in [0.4, 0.5) is 4.39 Å². The van der Waals surface area contributed by atoms with Gasteiger partial charge in [-0.25, -0.2) is 4.39 Å². The molecule has 3 atom stereocenters. The SMILES string of the molecule is CC1CCN(C2CCC(C#N)C(F)C2)CC1. The standard InChI is InChI=1S/C13H21FN2/c1-10-4-6-16(7-5-10)12-3-2-11(9-15)13(14)8-12/h10-13H,2-8H2,1H3. The fraction of sp³-hybridized carbons (Fsp3) is 0.923. The van der Waals surface area contributed by atoms with Gasteiger partial charge in [0.2, 0.25) is 0 Å². The predicted molar refractivity (Wildman–Crippen MR) is 61.6 cm³/mol. The van der Waals surface area contributed by atoms with E-state index in [0.29, 0.717) is 12.5 Å². The van der Waals surface area contributed by atoms with Crippen molar-refractivity contribution < 1.29 is 4.39 Å². The summed E-state index contributed by atoms with van der Waals surface area (Å²) in [6, 6.07) is 2.49. The van der Waals surface area contributed by atoms with Crippen LogP contribution >= 0.6 is 0 Å². The quantitative estimate of drug-likeness (QED) is 0.684. The molecule has 3 unspecified atom stereocenters. The third-order valence-corrected chi connectivity index (χ3v) is 4.25. The highest BCUT2D eigenvalue weighted by molar-refractivity contribution is 4.96. The first-order chi connectivity index (χ1) is 7.70. The third-order valence-electron chi connectivity index (χ3n) is 4.25. The zero-order valence-electron chi connectivity index (χ0n) is 10.0. The number of likely N-dealkylation sites (tertiary alicyclic amines) is 1. The highest BCUT2D eigenvalue weighted by Crippen LogP contribution is 2.31. The summed E-state index contributed by atoms with van der Waals surface area (Å²) in [5, 5.41) is 8.79. The lowest BCUT2D eigenvalue weighted by Crippen LogP contribution is -2.45. The van der Waals surface area contributed by atoms with Crippen LogP contribution in [0.3, 0.4) is 0 Å².